The number of thioether (sulfide) groups is 1. The Kier molecular flexibility index (Phi) is 5.33. The SMILES string of the molecule is NS(=O)(=O)c1ccc(-c2ccc(C=C3SC(=O)N(Cc4ccco4)C3=O)o2)cc1Cl. The number of halogens is 1. The number of amides is 2. The largest absolute Gasteiger partial charge is 0.467 e. The third-order valence-corrected chi connectivity index (χ3v) is 6.49. The molecule has 0 bridgehead atoms. The Morgan fingerprint density at radius 2 is 1.97 bits per heavy atom. The summed E-state index contributed by atoms with van der Waals surface area (Å²) in [5.74, 6) is 0.803. The maximum atomic E-state index is 12.5. The number of hydrogen-bond acceptors (Lipinski definition) is 7. The Bertz CT molecular complexity index is 1280. The molecular weight excluding hydrogens is 452 g/mol. The standard InChI is InChI=1S/C19H13ClN2O6S2/c20-14-8-11(3-6-17(14)30(21,25)26)15-5-4-12(28-15)9-16-18(23)22(19(24)29-16)10-13-2-1-7-27-13/h1-9H,10H2,(H2,21,25,26). The van der Waals surface area contributed by atoms with Crippen molar-refractivity contribution in [3.05, 3.63) is 70.2 Å². The van der Waals surface area contributed by atoms with Crippen LogP contribution in [0.5, 0.6) is 0 Å². The van der Waals surface area contributed by atoms with E-state index in [1.165, 1.54) is 30.5 Å². The highest BCUT2D eigenvalue weighted by molar-refractivity contribution is 8.18. The van der Waals surface area contributed by atoms with E-state index in [0.29, 0.717) is 22.8 Å². The first-order valence-electron chi connectivity index (χ1n) is 8.43. The monoisotopic (exact) mass is 464 g/mol. The summed E-state index contributed by atoms with van der Waals surface area (Å²) in [6.45, 7) is 0.0489. The summed E-state index contributed by atoms with van der Waals surface area (Å²) in [6, 6.07) is 10.8. The summed E-state index contributed by atoms with van der Waals surface area (Å²) >= 11 is 6.81. The molecule has 1 fully saturated rings. The lowest BCUT2D eigenvalue weighted by Crippen LogP contribution is -2.27. The molecule has 8 nitrogen and oxygen atoms in total. The summed E-state index contributed by atoms with van der Waals surface area (Å²) in [6.07, 6.45) is 2.94. The first-order chi connectivity index (χ1) is 14.2. The third-order valence-electron chi connectivity index (χ3n) is 4.19. The minimum atomic E-state index is -3.93. The molecule has 0 spiro atoms. The smallest absolute Gasteiger partial charge is 0.293 e. The first kappa shape index (κ1) is 20.5. The number of sulfonamides is 1. The summed E-state index contributed by atoms with van der Waals surface area (Å²) in [5.41, 5.74) is 0.526. The molecular formula is C19H13ClN2O6S2. The quantitative estimate of drug-likeness (QED) is 0.564. The molecule has 1 saturated heterocycles. The van der Waals surface area contributed by atoms with E-state index in [1.807, 2.05) is 0 Å². The fourth-order valence-electron chi connectivity index (χ4n) is 2.79. The van der Waals surface area contributed by atoms with Crippen LogP contribution < -0.4 is 5.14 Å². The van der Waals surface area contributed by atoms with Crippen molar-refractivity contribution in [1.29, 1.82) is 0 Å². The van der Waals surface area contributed by atoms with Gasteiger partial charge in [0.25, 0.3) is 11.1 Å². The number of imide groups is 1. The average molecular weight is 465 g/mol. The highest BCUT2D eigenvalue weighted by Crippen LogP contribution is 2.35. The maximum absolute atomic E-state index is 12.5. The van der Waals surface area contributed by atoms with Gasteiger partial charge in [0, 0.05) is 11.6 Å². The second-order valence-corrected chi connectivity index (χ2v) is 9.17. The molecule has 0 radical (unpaired) electrons. The van der Waals surface area contributed by atoms with Gasteiger partial charge in [0.1, 0.15) is 22.2 Å². The Morgan fingerprint density at radius 1 is 1.17 bits per heavy atom. The summed E-state index contributed by atoms with van der Waals surface area (Å²) in [5, 5.41) is 4.67. The molecule has 30 heavy (non-hydrogen) atoms. The van der Waals surface area contributed by atoms with Crippen LogP contribution in [0.4, 0.5) is 4.79 Å². The number of hydrogen-bond donors (Lipinski definition) is 1. The topological polar surface area (TPSA) is 124 Å². The van der Waals surface area contributed by atoms with Crippen LogP contribution in [0.15, 0.2) is 67.4 Å². The molecule has 4 rings (SSSR count). The van der Waals surface area contributed by atoms with Gasteiger partial charge in [0.15, 0.2) is 0 Å². The highest BCUT2D eigenvalue weighted by Gasteiger charge is 2.35. The zero-order valence-corrected chi connectivity index (χ0v) is 17.5. The van der Waals surface area contributed by atoms with Gasteiger partial charge in [0.05, 0.1) is 22.7 Å². The number of rotatable bonds is 5. The minimum absolute atomic E-state index is 0.0352. The van der Waals surface area contributed by atoms with Crippen LogP contribution in [-0.2, 0) is 21.4 Å². The Balaban J connectivity index is 1.56. The molecule has 0 unspecified atom stereocenters. The molecule has 3 heterocycles. The lowest BCUT2D eigenvalue weighted by Gasteiger charge is -2.09. The van der Waals surface area contributed by atoms with Crippen molar-refractivity contribution < 1.29 is 26.8 Å². The normalized spacial score (nSPS) is 16.1. The van der Waals surface area contributed by atoms with Crippen LogP contribution in [0.25, 0.3) is 17.4 Å². The van der Waals surface area contributed by atoms with Gasteiger partial charge < -0.3 is 8.83 Å². The molecule has 1 aromatic carbocycles. The van der Waals surface area contributed by atoms with Crippen molar-refractivity contribution in [3.8, 4) is 11.3 Å². The van der Waals surface area contributed by atoms with Crippen molar-refractivity contribution in [1.82, 2.24) is 4.90 Å². The number of carbonyl (C=O) groups is 2. The molecule has 2 N–H and O–H groups in total. The van der Waals surface area contributed by atoms with Crippen molar-refractivity contribution in [2.24, 2.45) is 5.14 Å². The van der Waals surface area contributed by atoms with Gasteiger partial charge in [-0.05, 0) is 54.2 Å². The number of carbonyl (C=O) groups excluding carboxylic acids is 2. The molecule has 2 amide bonds. The average Bonchev–Trinajstić information content (AvgIpc) is 3.40. The van der Waals surface area contributed by atoms with Gasteiger partial charge in [-0.2, -0.15) is 0 Å². The zero-order chi connectivity index (χ0) is 21.5. The fraction of sp³-hybridized carbons (Fsp3) is 0.0526. The summed E-state index contributed by atoms with van der Waals surface area (Å²) < 4.78 is 33.8. The molecule has 0 aliphatic carbocycles. The molecule has 0 saturated carbocycles. The van der Waals surface area contributed by atoms with Crippen LogP contribution in [-0.4, -0.2) is 24.5 Å². The van der Waals surface area contributed by atoms with Crippen LogP contribution >= 0.6 is 23.4 Å². The summed E-state index contributed by atoms with van der Waals surface area (Å²) in [4.78, 5) is 25.8. The van der Waals surface area contributed by atoms with E-state index in [-0.39, 0.29) is 21.4 Å². The van der Waals surface area contributed by atoms with Crippen molar-refractivity contribution >= 4 is 50.6 Å². The molecule has 1 aliphatic heterocycles. The molecule has 2 aromatic heterocycles. The molecule has 3 aromatic rings. The second kappa shape index (κ2) is 7.80. The van der Waals surface area contributed by atoms with Gasteiger partial charge in [-0.15, -0.1) is 0 Å². The van der Waals surface area contributed by atoms with E-state index in [4.69, 9.17) is 25.6 Å². The van der Waals surface area contributed by atoms with Gasteiger partial charge in [0.2, 0.25) is 10.0 Å². The van der Waals surface area contributed by atoms with Gasteiger partial charge in [-0.3, -0.25) is 14.5 Å². The van der Waals surface area contributed by atoms with Crippen molar-refractivity contribution in [2.45, 2.75) is 11.4 Å². The Hall–Kier alpha value is -2.79. The molecule has 0 atom stereocenters. The number of primary sulfonamides is 1. The second-order valence-electron chi connectivity index (χ2n) is 6.24. The van der Waals surface area contributed by atoms with E-state index < -0.39 is 21.2 Å². The predicted molar refractivity (Wildman–Crippen MR) is 111 cm³/mol. The number of benzene rings is 1. The lowest BCUT2D eigenvalue weighted by atomic mass is 10.2. The van der Waals surface area contributed by atoms with Crippen molar-refractivity contribution in [3.63, 3.8) is 0 Å². The number of nitrogens with zero attached hydrogens (tertiary/aromatic N) is 1. The first-order valence-corrected chi connectivity index (χ1v) is 11.2. The lowest BCUT2D eigenvalue weighted by molar-refractivity contribution is -0.123. The van der Waals surface area contributed by atoms with E-state index in [0.717, 1.165) is 16.7 Å². The molecule has 1 aliphatic rings. The van der Waals surface area contributed by atoms with Crippen LogP contribution in [0, 0.1) is 0 Å². The van der Waals surface area contributed by atoms with Crippen LogP contribution in [0.3, 0.4) is 0 Å². The Morgan fingerprint density at radius 3 is 2.63 bits per heavy atom. The van der Waals surface area contributed by atoms with E-state index in [1.54, 1.807) is 24.3 Å². The Labute approximate surface area is 180 Å². The van der Waals surface area contributed by atoms with E-state index in [9.17, 15) is 18.0 Å². The van der Waals surface area contributed by atoms with Crippen LogP contribution in [0.1, 0.15) is 11.5 Å². The minimum Gasteiger partial charge on any atom is -0.467 e. The fourth-order valence-corrected chi connectivity index (χ4v) is 4.70. The number of nitrogens with two attached hydrogens (primary N) is 1. The predicted octanol–water partition coefficient (Wildman–Crippen LogP) is 4.08. The summed E-state index contributed by atoms with van der Waals surface area (Å²) in [7, 11) is -3.93. The zero-order valence-electron chi connectivity index (χ0n) is 15.1. The molecule has 11 heteroatoms. The van der Waals surface area contributed by atoms with Gasteiger partial charge >= 0.3 is 0 Å². The van der Waals surface area contributed by atoms with Crippen LogP contribution in [0.2, 0.25) is 5.02 Å². The van der Waals surface area contributed by atoms with Crippen molar-refractivity contribution in [2.75, 3.05) is 0 Å². The van der Waals surface area contributed by atoms with E-state index >= 15 is 0 Å². The van der Waals surface area contributed by atoms with Gasteiger partial charge in [-0.25, -0.2) is 13.6 Å². The van der Waals surface area contributed by atoms with E-state index in [2.05, 4.69) is 0 Å². The number of furan rings is 2. The third kappa shape index (κ3) is 4.08. The van der Waals surface area contributed by atoms with Gasteiger partial charge in [-0.1, -0.05) is 11.6 Å². The molecule has 154 valence electrons. The maximum Gasteiger partial charge on any atom is 0.293 e. The highest BCUT2D eigenvalue weighted by atomic mass is 35.5.